The molecule has 0 aromatic heterocycles. The van der Waals surface area contributed by atoms with Gasteiger partial charge >= 0.3 is 8.80 Å². The molecule has 0 aliphatic carbocycles. The van der Waals surface area contributed by atoms with Crippen LogP contribution >= 0.6 is 0 Å². The Hall–Kier alpha value is 0.0569. The van der Waals surface area contributed by atoms with Gasteiger partial charge in [-0.2, -0.15) is 0 Å². The minimum Gasteiger partial charge on any atom is -0.373 e. The molecule has 0 spiro atoms. The van der Waals surface area contributed by atoms with Crippen LogP contribution < -0.4 is 0 Å². The average molecular weight is 248 g/mol. The van der Waals surface area contributed by atoms with Gasteiger partial charge in [-0.1, -0.05) is 20.8 Å². The Balaban J connectivity index is 2.46. The van der Waals surface area contributed by atoms with Gasteiger partial charge in [0.2, 0.25) is 0 Å². The molecule has 4 nitrogen and oxygen atoms in total. The number of rotatable bonds is 9. The van der Waals surface area contributed by atoms with Gasteiger partial charge in [-0.15, -0.1) is 0 Å². The van der Waals surface area contributed by atoms with E-state index >= 15 is 0 Å². The quantitative estimate of drug-likeness (QED) is 0.588. The second kappa shape index (κ2) is 7.40. The fraction of sp³-hybridized carbons (Fsp3) is 1.00. The highest BCUT2D eigenvalue weighted by molar-refractivity contribution is 6.60. The highest BCUT2D eigenvalue weighted by Gasteiger charge is 2.43. The summed E-state index contributed by atoms with van der Waals surface area (Å²) in [5, 5.41) is 0. The van der Waals surface area contributed by atoms with Gasteiger partial charge in [0.1, 0.15) is 0 Å². The second-order valence-electron chi connectivity index (χ2n) is 3.94. The van der Waals surface area contributed by atoms with Crippen LogP contribution in [0.25, 0.3) is 0 Å². The normalized spacial score (nSPS) is 20.8. The maximum Gasteiger partial charge on any atom is 0.502 e. The first-order valence-electron chi connectivity index (χ1n) is 6.33. The molecular weight excluding hydrogens is 224 g/mol. The molecule has 1 unspecified atom stereocenters. The smallest absolute Gasteiger partial charge is 0.373 e. The molecule has 5 heteroatoms. The molecule has 1 heterocycles. The summed E-state index contributed by atoms with van der Waals surface area (Å²) in [6, 6.07) is 0.812. The lowest BCUT2D eigenvalue weighted by atomic mass is 10.4. The van der Waals surface area contributed by atoms with Crippen molar-refractivity contribution in [3.05, 3.63) is 0 Å². The molecule has 0 aromatic carbocycles. The maximum atomic E-state index is 5.90. The average Bonchev–Trinajstić information content (AvgIpc) is 2.26. The predicted molar refractivity (Wildman–Crippen MR) is 64.2 cm³/mol. The van der Waals surface area contributed by atoms with E-state index < -0.39 is 8.80 Å². The molecule has 0 radical (unpaired) electrons. The molecule has 96 valence electrons. The summed E-state index contributed by atoms with van der Waals surface area (Å²) in [6.45, 7) is 8.45. The summed E-state index contributed by atoms with van der Waals surface area (Å²) in [4.78, 5) is 0. The van der Waals surface area contributed by atoms with Crippen LogP contribution in [0.1, 0.15) is 40.0 Å². The van der Waals surface area contributed by atoms with Gasteiger partial charge in [0.15, 0.2) is 6.29 Å². The molecule has 0 amide bonds. The lowest BCUT2D eigenvalue weighted by Crippen LogP contribution is -2.51. The largest absolute Gasteiger partial charge is 0.502 e. The third-order valence-electron chi connectivity index (χ3n) is 2.45. The second-order valence-corrected chi connectivity index (χ2v) is 6.83. The summed E-state index contributed by atoms with van der Waals surface area (Å²) >= 11 is 0. The maximum absolute atomic E-state index is 5.90. The van der Waals surface area contributed by atoms with Crippen LogP contribution in [-0.4, -0.2) is 34.9 Å². The molecule has 0 bridgehead atoms. The van der Waals surface area contributed by atoms with E-state index in [1.165, 1.54) is 0 Å². The van der Waals surface area contributed by atoms with E-state index in [2.05, 4.69) is 20.8 Å². The standard InChI is InChI=1S/C11H24O4Si/c1-4-8-13-16(6-3,14-9-5-2)15-11-7-10-12-11/h11H,4-10H2,1-3H3. The van der Waals surface area contributed by atoms with Crippen LogP contribution in [0.2, 0.25) is 6.04 Å². The zero-order valence-corrected chi connectivity index (χ0v) is 11.7. The fourth-order valence-corrected chi connectivity index (χ4v) is 3.83. The summed E-state index contributed by atoms with van der Waals surface area (Å²) in [5.74, 6) is 0. The predicted octanol–water partition coefficient (Wildman–Crippen LogP) is 2.56. The SMILES string of the molecule is CCCO[Si](CC)(OCCC)OC1CCO1. The molecule has 1 aliphatic rings. The van der Waals surface area contributed by atoms with Gasteiger partial charge in [0.05, 0.1) is 6.61 Å². The first kappa shape index (κ1) is 14.1. The molecule has 0 saturated carbocycles. The van der Waals surface area contributed by atoms with Crippen LogP contribution in [-0.2, 0) is 18.0 Å². The highest BCUT2D eigenvalue weighted by Crippen LogP contribution is 2.23. The summed E-state index contributed by atoms with van der Waals surface area (Å²) in [7, 11) is -2.47. The number of hydrogen-bond acceptors (Lipinski definition) is 4. The monoisotopic (exact) mass is 248 g/mol. The minimum atomic E-state index is -2.47. The Labute approximate surface area is 99.6 Å². The van der Waals surface area contributed by atoms with Crippen molar-refractivity contribution in [1.29, 1.82) is 0 Å². The van der Waals surface area contributed by atoms with Gasteiger partial charge in [-0.25, -0.2) is 0 Å². The fourth-order valence-electron chi connectivity index (χ4n) is 1.42. The van der Waals surface area contributed by atoms with E-state index in [0.717, 1.165) is 31.9 Å². The first-order chi connectivity index (χ1) is 7.76. The lowest BCUT2D eigenvalue weighted by Gasteiger charge is -2.36. The number of hydrogen-bond donors (Lipinski definition) is 0. The summed E-state index contributed by atoms with van der Waals surface area (Å²) in [5.41, 5.74) is 0. The van der Waals surface area contributed by atoms with Crippen molar-refractivity contribution in [3.63, 3.8) is 0 Å². The summed E-state index contributed by atoms with van der Waals surface area (Å²) in [6.07, 6.45) is 2.83. The Bertz CT molecular complexity index is 177. The van der Waals surface area contributed by atoms with Gasteiger partial charge in [-0.3, -0.25) is 0 Å². The Morgan fingerprint density at radius 1 is 1.12 bits per heavy atom. The van der Waals surface area contributed by atoms with Gasteiger partial charge < -0.3 is 18.0 Å². The first-order valence-corrected chi connectivity index (χ1v) is 8.26. The van der Waals surface area contributed by atoms with E-state index in [0.29, 0.717) is 13.2 Å². The molecule has 16 heavy (non-hydrogen) atoms. The van der Waals surface area contributed by atoms with Crippen molar-refractivity contribution in [2.45, 2.75) is 52.4 Å². The van der Waals surface area contributed by atoms with Crippen LogP contribution in [0.15, 0.2) is 0 Å². The van der Waals surface area contributed by atoms with E-state index in [-0.39, 0.29) is 6.29 Å². The van der Waals surface area contributed by atoms with Crippen molar-refractivity contribution < 1.29 is 18.0 Å². The van der Waals surface area contributed by atoms with E-state index in [9.17, 15) is 0 Å². The van der Waals surface area contributed by atoms with E-state index in [4.69, 9.17) is 18.0 Å². The Kier molecular flexibility index (Phi) is 6.53. The molecular formula is C11H24O4Si. The zero-order chi connectivity index (χ0) is 11.9. The van der Waals surface area contributed by atoms with Gasteiger partial charge in [0.25, 0.3) is 0 Å². The molecule has 1 aliphatic heterocycles. The Morgan fingerprint density at radius 2 is 1.69 bits per heavy atom. The zero-order valence-electron chi connectivity index (χ0n) is 10.7. The summed E-state index contributed by atoms with van der Waals surface area (Å²) < 4.78 is 22.9. The molecule has 1 atom stereocenters. The number of ether oxygens (including phenoxy) is 1. The van der Waals surface area contributed by atoms with Crippen molar-refractivity contribution in [1.82, 2.24) is 0 Å². The van der Waals surface area contributed by atoms with Crippen molar-refractivity contribution in [2.75, 3.05) is 19.8 Å². The lowest BCUT2D eigenvalue weighted by molar-refractivity contribution is -0.191. The minimum absolute atomic E-state index is 0.0969. The molecule has 0 N–H and O–H groups in total. The van der Waals surface area contributed by atoms with Crippen LogP contribution in [0.4, 0.5) is 0 Å². The van der Waals surface area contributed by atoms with Crippen molar-refractivity contribution >= 4 is 8.80 Å². The molecule has 0 aromatic rings. The molecule has 1 rings (SSSR count). The van der Waals surface area contributed by atoms with E-state index in [1.54, 1.807) is 0 Å². The van der Waals surface area contributed by atoms with Crippen molar-refractivity contribution in [2.24, 2.45) is 0 Å². The molecule has 1 saturated heterocycles. The van der Waals surface area contributed by atoms with Crippen molar-refractivity contribution in [3.8, 4) is 0 Å². The van der Waals surface area contributed by atoms with Crippen LogP contribution in [0, 0.1) is 0 Å². The highest BCUT2D eigenvalue weighted by atomic mass is 28.4. The molecule has 1 fully saturated rings. The topological polar surface area (TPSA) is 36.9 Å². The van der Waals surface area contributed by atoms with Crippen LogP contribution in [0.3, 0.4) is 0 Å². The third kappa shape index (κ3) is 4.14. The van der Waals surface area contributed by atoms with Gasteiger partial charge in [-0.05, 0) is 12.8 Å². The Morgan fingerprint density at radius 3 is 2.00 bits per heavy atom. The van der Waals surface area contributed by atoms with E-state index in [1.807, 2.05) is 0 Å². The third-order valence-corrected chi connectivity index (χ3v) is 5.23. The van der Waals surface area contributed by atoms with Crippen LogP contribution in [0.5, 0.6) is 0 Å². The van der Waals surface area contributed by atoms with Gasteiger partial charge in [0, 0.05) is 25.7 Å².